The Labute approximate surface area is 136 Å². The lowest BCUT2D eigenvalue weighted by molar-refractivity contribution is -0.115. The van der Waals surface area contributed by atoms with Crippen molar-refractivity contribution >= 4 is 23.2 Å². The predicted octanol–water partition coefficient (Wildman–Crippen LogP) is 4.05. The minimum atomic E-state index is -1.62. The van der Waals surface area contributed by atoms with E-state index < -0.39 is 29.0 Å². The summed E-state index contributed by atoms with van der Waals surface area (Å²) in [4.78, 5) is 11.8. The first-order valence-electron chi connectivity index (χ1n) is 6.81. The molecule has 0 heterocycles. The number of anilines is 1. The first-order valence-corrected chi connectivity index (χ1v) is 7.19. The number of nitrogens with one attached hydrogen (secondary N) is 2. The maximum absolute atomic E-state index is 13.5. The van der Waals surface area contributed by atoms with Gasteiger partial charge in [0.25, 0.3) is 0 Å². The topological polar surface area (TPSA) is 41.1 Å². The summed E-state index contributed by atoms with van der Waals surface area (Å²) in [6.07, 6.45) is 0. The van der Waals surface area contributed by atoms with Crippen molar-refractivity contribution < 1.29 is 18.0 Å². The van der Waals surface area contributed by atoms with Crippen molar-refractivity contribution in [3.05, 3.63) is 64.4 Å². The molecule has 122 valence electrons. The van der Waals surface area contributed by atoms with Crippen LogP contribution >= 0.6 is 11.6 Å². The molecule has 3 nitrogen and oxygen atoms in total. The van der Waals surface area contributed by atoms with Crippen LogP contribution in [-0.2, 0) is 4.79 Å². The predicted molar refractivity (Wildman–Crippen MR) is 82.8 cm³/mol. The Bertz CT molecular complexity index is 724. The zero-order valence-electron chi connectivity index (χ0n) is 12.2. The highest BCUT2D eigenvalue weighted by Crippen LogP contribution is 2.22. The number of hydrogen-bond donors (Lipinski definition) is 2. The molecule has 0 spiro atoms. The van der Waals surface area contributed by atoms with E-state index in [9.17, 15) is 18.0 Å². The molecule has 2 N–H and O–H groups in total. The summed E-state index contributed by atoms with van der Waals surface area (Å²) >= 11 is 6.05. The zero-order valence-corrected chi connectivity index (χ0v) is 12.9. The van der Waals surface area contributed by atoms with Crippen molar-refractivity contribution in [1.29, 1.82) is 0 Å². The minimum Gasteiger partial charge on any atom is -0.322 e. The van der Waals surface area contributed by atoms with Crippen molar-refractivity contribution in [3.8, 4) is 0 Å². The number of benzene rings is 2. The zero-order chi connectivity index (χ0) is 17.0. The fourth-order valence-corrected chi connectivity index (χ4v) is 2.30. The van der Waals surface area contributed by atoms with Crippen LogP contribution in [0, 0.1) is 17.5 Å². The Balaban J connectivity index is 1.96. The van der Waals surface area contributed by atoms with E-state index in [-0.39, 0.29) is 12.6 Å². The standard InChI is InChI=1S/C16H14ClF3N2O/c1-9(10-4-2-3-5-11(10)17)21-8-14(23)22-13-7-6-12(18)15(19)16(13)20/h2-7,9,21H,8H2,1H3,(H,22,23)/t9-/m1/s1. The summed E-state index contributed by atoms with van der Waals surface area (Å²) < 4.78 is 39.4. The molecular weight excluding hydrogens is 329 g/mol. The summed E-state index contributed by atoms with van der Waals surface area (Å²) in [5.74, 6) is -4.96. The molecule has 23 heavy (non-hydrogen) atoms. The third-order valence-corrected chi connectivity index (χ3v) is 3.59. The SMILES string of the molecule is C[C@@H](NCC(=O)Nc1ccc(F)c(F)c1F)c1ccccc1Cl. The van der Waals surface area contributed by atoms with Gasteiger partial charge in [-0.05, 0) is 30.7 Å². The van der Waals surface area contributed by atoms with Crippen LogP contribution in [0.4, 0.5) is 18.9 Å². The molecule has 1 amide bonds. The lowest BCUT2D eigenvalue weighted by Crippen LogP contribution is -2.30. The van der Waals surface area contributed by atoms with E-state index in [1.54, 1.807) is 12.1 Å². The molecular formula is C16H14ClF3N2O. The van der Waals surface area contributed by atoms with E-state index in [2.05, 4.69) is 10.6 Å². The fourth-order valence-electron chi connectivity index (χ4n) is 2.00. The lowest BCUT2D eigenvalue weighted by Gasteiger charge is -2.15. The molecule has 0 aliphatic rings. The number of carbonyl (C=O) groups is 1. The highest BCUT2D eigenvalue weighted by Gasteiger charge is 2.16. The normalized spacial score (nSPS) is 12.0. The number of halogens is 4. The third-order valence-electron chi connectivity index (χ3n) is 3.25. The van der Waals surface area contributed by atoms with Crippen LogP contribution in [0.3, 0.4) is 0 Å². The van der Waals surface area contributed by atoms with Crippen molar-refractivity contribution in [2.75, 3.05) is 11.9 Å². The van der Waals surface area contributed by atoms with Gasteiger partial charge in [0.15, 0.2) is 17.5 Å². The van der Waals surface area contributed by atoms with Gasteiger partial charge in [-0.25, -0.2) is 13.2 Å². The van der Waals surface area contributed by atoms with E-state index >= 15 is 0 Å². The van der Waals surface area contributed by atoms with Gasteiger partial charge in [-0.1, -0.05) is 29.8 Å². The van der Waals surface area contributed by atoms with Crippen molar-refractivity contribution in [2.45, 2.75) is 13.0 Å². The quantitative estimate of drug-likeness (QED) is 0.805. The maximum Gasteiger partial charge on any atom is 0.238 e. The monoisotopic (exact) mass is 342 g/mol. The van der Waals surface area contributed by atoms with Gasteiger partial charge < -0.3 is 10.6 Å². The summed E-state index contributed by atoms with van der Waals surface area (Å²) in [6.45, 7) is 1.66. The Hall–Kier alpha value is -2.05. The summed E-state index contributed by atoms with van der Waals surface area (Å²) in [5, 5.41) is 5.66. The first kappa shape index (κ1) is 17.3. The number of rotatable bonds is 5. The molecule has 0 saturated heterocycles. The van der Waals surface area contributed by atoms with Crippen LogP contribution in [0.1, 0.15) is 18.5 Å². The van der Waals surface area contributed by atoms with Gasteiger partial charge in [-0.3, -0.25) is 4.79 Å². The average Bonchev–Trinajstić information content (AvgIpc) is 2.53. The maximum atomic E-state index is 13.5. The van der Waals surface area contributed by atoms with Crippen LogP contribution < -0.4 is 10.6 Å². The van der Waals surface area contributed by atoms with E-state index in [0.29, 0.717) is 5.02 Å². The molecule has 0 aliphatic carbocycles. The molecule has 2 rings (SSSR count). The molecule has 0 aromatic heterocycles. The second-order valence-corrected chi connectivity index (χ2v) is 5.30. The van der Waals surface area contributed by atoms with Gasteiger partial charge in [-0.2, -0.15) is 0 Å². The van der Waals surface area contributed by atoms with Gasteiger partial charge in [-0.15, -0.1) is 0 Å². The number of amides is 1. The Kier molecular flexibility index (Phi) is 5.63. The lowest BCUT2D eigenvalue weighted by atomic mass is 10.1. The number of carbonyl (C=O) groups excluding carboxylic acids is 1. The van der Waals surface area contributed by atoms with Gasteiger partial charge in [0.1, 0.15) is 0 Å². The summed E-state index contributed by atoms with van der Waals surface area (Å²) in [6, 6.07) is 8.63. The van der Waals surface area contributed by atoms with E-state index in [0.717, 1.165) is 17.7 Å². The molecule has 0 unspecified atom stereocenters. The van der Waals surface area contributed by atoms with Crippen LogP contribution in [0.15, 0.2) is 36.4 Å². The Morgan fingerprint density at radius 2 is 1.83 bits per heavy atom. The molecule has 0 radical (unpaired) electrons. The minimum absolute atomic E-state index is 0.148. The highest BCUT2D eigenvalue weighted by molar-refractivity contribution is 6.31. The van der Waals surface area contributed by atoms with Gasteiger partial charge in [0, 0.05) is 11.1 Å². The van der Waals surface area contributed by atoms with Crippen LogP contribution in [-0.4, -0.2) is 12.5 Å². The van der Waals surface area contributed by atoms with Crippen molar-refractivity contribution in [2.24, 2.45) is 0 Å². The van der Waals surface area contributed by atoms with Gasteiger partial charge >= 0.3 is 0 Å². The molecule has 0 bridgehead atoms. The Morgan fingerprint density at radius 3 is 2.52 bits per heavy atom. The van der Waals surface area contributed by atoms with Crippen LogP contribution in [0.2, 0.25) is 5.02 Å². The van der Waals surface area contributed by atoms with Crippen molar-refractivity contribution in [1.82, 2.24) is 5.32 Å². The van der Waals surface area contributed by atoms with E-state index in [1.807, 2.05) is 19.1 Å². The van der Waals surface area contributed by atoms with Gasteiger partial charge in [0.2, 0.25) is 5.91 Å². The molecule has 1 atom stereocenters. The second-order valence-electron chi connectivity index (χ2n) is 4.90. The number of hydrogen-bond acceptors (Lipinski definition) is 2. The Morgan fingerprint density at radius 1 is 1.13 bits per heavy atom. The third kappa shape index (κ3) is 4.24. The van der Waals surface area contributed by atoms with Gasteiger partial charge in [0.05, 0.1) is 12.2 Å². The molecule has 7 heteroatoms. The largest absolute Gasteiger partial charge is 0.322 e. The smallest absolute Gasteiger partial charge is 0.238 e. The highest BCUT2D eigenvalue weighted by atomic mass is 35.5. The molecule has 0 aliphatic heterocycles. The summed E-state index contributed by atoms with van der Waals surface area (Å²) in [5.41, 5.74) is 0.391. The molecule has 0 saturated carbocycles. The molecule has 2 aromatic carbocycles. The first-order chi connectivity index (χ1) is 10.9. The average molecular weight is 343 g/mol. The van der Waals surface area contributed by atoms with E-state index in [1.165, 1.54) is 0 Å². The van der Waals surface area contributed by atoms with Crippen molar-refractivity contribution in [3.63, 3.8) is 0 Å². The summed E-state index contributed by atoms with van der Waals surface area (Å²) in [7, 11) is 0. The molecule has 0 fully saturated rings. The van der Waals surface area contributed by atoms with Crippen LogP contribution in [0.25, 0.3) is 0 Å². The second kappa shape index (κ2) is 7.48. The van der Waals surface area contributed by atoms with Crippen LogP contribution in [0.5, 0.6) is 0 Å². The molecule has 2 aromatic rings. The van der Waals surface area contributed by atoms with E-state index in [4.69, 9.17) is 11.6 Å². The fraction of sp³-hybridized carbons (Fsp3) is 0.188.